The van der Waals surface area contributed by atoms with Gasteiger partial charge in [0, 0.05) is 22.5 Å². The summed E-state index contributed by atoms with van der Waals surface area (Å²) >= 11 is 6.21. The number of nitrogens with one attached hydrogen (secondary N) is 1. The van der Waals surface area contributed by atoms with Gasteiger partial charge in [-0.1, -0.05) is 37.4 Å². The van der Waals surface area contributed by atoms with E-state index in [0.29, 0.717) is 5.02 Å². The first-order valence-electron chi connectivity index (χ1n) is 6.35. The van der Waals surface area contributed by atoms with Gasteiger partial charge >= 0.3 is 0 Å². The first-order valence-corrected chi connectivity index (χ1v) is 6.72. The van der Waals surface area contributed by atoms with Crippen LogP contribution in [0.5, 0.6) is 0 Å². The van der Waals surface area contributed by atoms with Crippen LogP contribution in [-0.2, 0) is 5.41 Å². The summed E-state index contributed by atoms with van der Waals surface area (Å²) in [6, 6.07) is 5.00. The second-order valence-electron chi connectivity index (χ2n) is 4.86. The molecule has 3 heteroatoms. The van der Waals surface area contributed by atoms with Crippen LogP contribution in [0.2, 0.25) is 5.02 Å². The van der Waals surface area contributed by atoms with Crippen molar-refractivity contribution in [1.82, 2.24) is 5.32 Å². The largest absolute Gasteiger partial charge is 0.316 e. The van der Waals surface area contributed by atoms with Gasteiger partial charge in [0.25, 0.3) is 0 Å². The van der Waals surface area contributed by atoms with Crippen molar-refractivity contribution in [2.45, 2.75) is 38.0 Å². The molecular weight excluding hydrogens is 237 g/mol. The van der Waals surface area contributed by atoms with Gasteiger partial charge in [-0.2, -0.15) is 0 Å². The second kappa shape index (κ2) is 5.36. The highest BCUT2D eigenvalue weighted by Crippen LogP contribution is 2.44. The molecule has 17 heavy (non-hydrogen) atoms. The second-order valence-corrected chi connectivity index (χ2v) is 5.27. The molecule has 0 radical (unpaired) electrons. The molecule has 1 N–H and O–H groups in total. The standard InChI is InChI=1S/C14H19ClFN/c1-2-17-10-14(8-3-4-9-14)13-11(15)6-5-7-12(13)16/h5-7,17H,2-4,8-10H2,1H3. The van der Waals surface area contributed by atoms with Crippen LogP contribution in [0.15, 0.2) is 18.2 Å². The fourth-order valence-corrected chi connectivity index (χ4v) is 3.30. The molecule has 1 fully saturated rings. The lowest BCUT2D eigenvalue weighted by Crippen LogP contribution is -2.36. The molecule has 1 aliphatic carbocycles. The molecule has 1 aromatic carbocycles. The highest BCUT2D eigenvalue weighted by molar-refractivity contribution is 6.31. The molecule has 0 unspecified atom stereocenters. The van der Waals surface area contributed by atoms with Crippen LogP contribution in [0, 0.1) is 5.82 Å². The van der Waals surface area contributed by atoms with Gasteiger partial charge in [-0.3, -0.25) is 0 Å². The SMILES string of the molecule is CCNCC1(c2c(F)cccc2Cl)CCCC1. The third kappa shape index (κ3) is 2.48. The van der Waals surface area contributed by atoms with Crippen LogP contribution in [0.1, 0.15) is 38.2 Å². The summed E-state index contributed by atoms with van der Waals surface area (Å²) in [7, 11) is 0. The number of rotatable bonds is 4. The van der Waals surface area contributed by atoms with Crippen LogP contribution in [-0.4, -0.2) is 13.1 Å². The van der Waals surface area contributed by atoms with Crippen LogP contribution in [0.4, 0.5) is 4.39 Å². The fourth-order valence-electron chi connectivity index (χ4n) is 2.94. The van der Waals surface area contributed by atoms with E-state index in [1.165, 1.54) is 6.07 Å². The summed E-state index contributed by atoms with van der Waals surface area (Å²) < 4.78 is 14.1. The molecule has 1 aliphatic rings. The Morgan fingerprint density at radius 3 is 2.65 bits per heavy atom. The quantitative estimate of drug-likeness (QED) is 0.861. The van der Waals surface area contributed by atoms with Gasteiger partial charge in [0.15, 0.2) is 0 Å². The Morgan fingerprint density at radius 2 is 2.06 bits per heavy atom. The van der Waals surface area contributed by atoms with Crippen molar-refractivity contribution in [2.24, 2.45) is 0 Å². The summed E-state index contributed by atoms with van der Waals surface area (Å²) in [5.74, 6) is -0.155. The molecule has 1 nitrogen and oxygen atoms in total. The molecule has 0 aliphatic heterocycles. The summed E-state index contributed by atoms with van der Waals surface area (Å²) in [4.78, 5) is 0. The minimum absolute atomic E-state index is 0.0988. The highest BCUT2D eigenvalue weighted by Gasteiger charge is 2.38. The van der Waals surface area contributed by atoms with Crippen molar-refractivity contribution in [3.05, 3.63) is 34.6 Å². The molecule has 0 aromatic heterocycles. The van der Waals surface area contributed by atoms with E-state index < -0.39 is 0 Å². The van der Waals surface area contributed by atoms with Gasteiger partial charge < -0.3 is 5.32 Å². The maximum Gasteiger partial charge on any atom is 0.128 e. The molecule has 0 spiro atoms. The van der Waals surface area contributed by atoms with Crippen LogP contribution in [0.3, 0.4) is 0 Å². The average molecular weight is 256 g/mol. The van der Waals surface area contributed by atoms with Gasteiger partial charge in [0.2, 0.25) is 0 Å². The Morgan fingerprint density at radius 1 is 1.35 bits per heavy atom. The van der Waals surface area contributed by atoms with Crippen molar-refractivity contribution in [2.75, 3.05) is 13.1 Å². The van der Waals surface area contributed by atoms with E-state index in [1.807, 2.05) is 0 Å². The van der Waals surface area contributed by atoms with Crippen molar-refractivity contribution >= 4 is 11.6 Å². The first-order chi connectivity index (χ1) is 8.19. The normalized spacial score (nSPS) is 18.5. The van der Waals surface area contributed by atoms with Crippen LogP contribution >= 0.6 is 11.6 Å². The van der Waals surface area contributed by atoms with E-state index in [1.54, 1.807) is 12.1 Å². The molecule has 94 valence electrons. The van der Waals surface area contributed by atoms with E-state index in [9.17, 15) is 4.39 Å². The summed E-state index contributed by atoms with van der Waals surface area (Å²) in [6.45, 7) is 3.81. The zero-order valence-corrected chi connectivity index (χ0v) is 11.0. The highest BCUT2D eigenvalue weighted by atomic mass is 35.5. The van der Waals surface area contributed by atoms with Crippen molar-refractivity contribution in [3.63, 3.8) is 0 Å². The van der Waals surface area contributed by atoms with Gasteiger partial charge in [-0.25, -0.2) is 4.39 Å². The van der Waals surface area contributed by atoms with E-state index >= 15 is 0 Å². The smallest absolute Gasteiger partial charge is 0.128 e. The number of benzene rings is 1. The number of hydrogen-bond acceptors (Lipinski definition) is 1. The Kier molecular flexibility index (Phi) is 4.05. The molecule has 0 saturated heterocycles. The molecular formula is C14H19ClFN. The maximum absolute atomic E-state index is 14.1. The third-order valence-electron chi connectivity index (χ3n) is 3.77. The average Bonchev–Trinajstić information content (AvgIpc) is 2.76. The Balaban J connectivity index is 2.38. The van der Waals surface area contributed by atoms with Crippen LogP contribution in [0.25, 0.3) is 0 Å². The zero-order valence-electron chi connectivity index (χ0n) is 10.2. The summed E-state index contributed by atoms with van der Waals surface area (Å²) in [6.07, 6.45) is 4.38. The van der Waals surface area contributed by atoms with Crippen molar-refractivity contribution in [3.8, 4) is 0 Å². The monoisotopic (exact) mass is 255 g/mol. The Labute approximate surface area is 107 Å². The minimum Gasteiger partial charge on any atom is -0.316 e. The molecule has 2 rings (SSSR count). The van der Waals surface area contributed by atoms with Gasteiger partial charge in [-0.05, 0) is 31.5 Å². The number of likely N-dealkylation sites (N-methyl/N-ethyl adjacent to an activating group) is 1. The lowest BCUT2D eigenvalue weighted by molar-refractivity contribution is 0.392. The van der Waals surface area contributed by atoms with Crippen molar-refractivity contribution < 1.29 is 4.39 Å². The molecule has 1 aromatic rings. The summed E-state index contributed by atoms with van der Waals surface area (Å²) in [5.41, 5.74) is 0.624. The number of halogens is 2. The summed E-state index contributed by atoms with van der Waals surface area (Å²) in [5, 5.41) is 3.93. The van der Waals surface area contributed by atoms with E-state index in [4.69, 9.17) is 11.6 Å². The zero-order chi connectivity index (χ0) is 12.3. The topological polar surface area (TPSA) is 12.0 Å². The van der Waals surface area contributed by atoms with Crippen molar-refractivity contribution in [1.29, 1.82) is 0 Å². The van der Waals surface area contributed by atoms with Gasteiger partial charge in [-0.15, -0.1) is 0 Å². The molecule has 1 saturated carbocycles. The third-order valence-corrected chi connectivity index (χ3v) is 4.08. The van der Waals surface area contributed by atoms with E-state index in [2.05, 4.69) is 12.2 Å². The Bertz CT molecular complexity index is 366. The van der Waals surface area contributed by atoms with Gasteiger partial charge in [0.1, 0.15) is 5.82 Å². The first kappa shape index (κ1) is 12.8. The molecule has 0 heterocycles. The lowest BCUT2D eigenvalue weighted by atomic mass is 9.78. The minimum atomic E-state index is -0.155. The molecule has 0 amide bonds. The maximum atomic E-state index is 14.1. The fraction of sp³-hybridized carbons (Fsp3) is 0.571. The molecule has 0 bridgehead atoms. The predicted molar refractivity (Wildman–Crippen MR) is 70.1 cm³/mol. The van der Waals surface area contributed by atoms with E-state index in [0.717, 1.165) is 44.3 Å². The van der Waals surface area contributed by atoms with Crippen LogP contribution < -0.4 is 5.32 Å². The van der Waals surface area contributed by atoms with E-state index in [-0.39, 0.29) is 11.2 Å². The number of hydrogen-bond donors (Lipinski definition) is 1. The Hall–Kier alpha value is -0.600. The molecule has 0 atom stereocenters. The lowest BCUT2D eigenvalue weighted by Gasteiger charge is -2.31. The van der Waals surface area contributed by atoms with Gasteiger partial charge in [0.05, 0.1) is 0 Å². The predicted octanol–water partition coefficient (Wildman–Crippen LogP) is 3.90.